The molecule has 1 fully saturated rings. The molecule has 0 aromatic heterocycles. The van der Waals surface area contributed by atoms with E-state index >= 15 is 0 Å². The molecule has 2 atom stereocenters. The van der Waals surface area contributed by atoms with Crippen molar-refractivity contribution in [3.63, 3.8) is 0 Å². The third kappa shape index (κ3) is 2.32. The number of nitrogens with one attached hydrogen (secondary N) is 1. The van der Waals surface area contributed by atoms with Crippen molar-refractivity contribution in [2.75, 3.05) is 20.2 Å². The summed E-state index contributed by atoms with van der Waals surface area (Å²) < 4.78 is 4.64. The van der Waals surface area contributed by atoms with Gasteiger partial charge in [-0.15, -0.1) is 0 Å². The van der Waals surface area contributed by atoms with Crippen LogP contribution < -0.4 is 11.3 Å². The summed E-state index contributed by atoms with van der Waals surface area (Å²) in [7, 11) is 1.40. The van der Waals surface area contributed by atoms with E-state index in [-0.39, 0.29) is 6.09 Å². The van der Waals surface area contributed by atoms with E-state index in [1.807, 2.05) is 0 Å². The lowest BCUT2D eigenvalue weighted by molar-refractivity contribution is 0.0944. The second-order valence-electron chi connectivity index (χ2n) is 3.46. The van der Waals surface area contributed by atoms with Gasteiger partial charge in [-0.1, -0.05) is 6.92 Å². The molecule has 76 valence electrons. The van der Waals surface area contributed by atoms with Crippen LogP contribution in [0.25, 0.3) is 0 Å². The first-order chi connectivity index (χ1) is 6.19. The fourth-order valence-corrected chi connectivity index (χ4v) is 1.69. The molecular weight excluding hydrogens is 170 g/mol. The Kier molecular flexibility index (Phi) is 3.50. The Bertz CT molecular complexity index is 186. The van der Waals surface area contributed by atoms with Crippen LogP contribution in [0.15, 0.2) is 0 Å². The Labute approximate surface area is 78.2 Å². The van der Waals surface area contributed by atoms with Crippen molar-refractivity contribution in [3.05, 3.63) is 0 Å². The quantitative estimate of drug-likeness (QED) is 0.445. The van der Waals surface area contributed by atoms with Crippen LogP contribution in [0.3, 0.4) is 0 Å². The number of ether oxygens (including phenoxy) is 1. The molecule has 1 amide bonds. The molecule has 0 aromatic carbocycles. The molecule has 1 rings (SSSR count). The monoisotopic (exact) mass is 187 g/mol. The van der Waals surface area contributed by atoms with Gasteiger partial charge in [0.25, 0.3) is 0 Å². The molecule has 13 heavy (non-hydrogen) atoms. The maximum absolute atomic E-state index is 11.2. The van der Waals surface area contributed by atoms with Crippen molar-refractivity contribution in [2.45, 2.75) is 19.4 Å². The first-order valence-corrected chi connectivity index (χ1v) is 4.48. The zero-order chi connectivity index (χ0) is 9.84. The minimum absolute atomic E-state index is 0.248. The highest BCUT2D eigenvalue weighted by Crippen LogP contribution is 2.16. The van der Waals surface area contributed by atoms with Gasteiger partial charge in [0.1, 0.15) is 0 Å². The van der Waals surface area contributed by atoms with Crippen molar-refractivity contribution in [3.8, 4) is 0 Å². The topological polar surface area (TPSA) is 67.6 Å². The highest BCUT2D eigenvalue weighted by molar-refractivity contribution is 5.67. The molecule has 0 radical (unpaired) electrons. The van der Waals surface area contributed by atoms with Gasteiger partial charge in [0, 0.05) is 19.1 Å². The lowest BCUT2D eigenvalue weighted by atomic mass is 9.95. The Morgan fingerprint density at radius 3 is 2.85 bits per heavy atom. The van der Waals surface area contributed by atoms with Crippen LogP contribution in [0.2, 0.25) is 0 Å². The number of carbonyl (C=O) groups excluding carboxylic acids is 1. The lowest BCUT2D eigenvalue weighted by Crippen LogP contribution is -2.51. The molecule has 1 saturated heterocycles. The SMILES string of the molecule is COC(=O)N1CC[C@H](NN)[C@H](C)C1. The van der Waals surface area contributed by atoms with Gasteiger partial charge in [-0.3, -0.25) is 11.3 Å². The van der Waals surface area contributed by atoms with Gasteiger partial charge >= 0.3 is 6.09 Å². The number of carbonyl (C=O) groups is 1. The molecular formula is C8H17N3O2. The first-order valence-electron chi connectivity index (χ1n) is 4.48. The van der Waals surface area contributed by atoms with E-state index in [9.17, 15) is 4.79 Å². The van der Waals surface area contributed by atoms with Crippen LogP contribution in [0, 0.1) is 5.92 Å². The summed E-state index contributed by atoms with van der Waals surface area (Å²) in [5, 5.41) is 0. The van der Waals surface area contributed by atoms with Gasteiger partial charge in [-0.2, -0.15) is 0 Å². The number of methoxy groups -OCH3 is 1. The molecule has 0 unspecified atom stereocenters. The molecule has 3 N–H and O–H groups in total. The van der Waals surface area contributed by atoms with Crippen LogP contribution in [0.1, 0.15) is 13.3 Å². The zero-order valence-corrected chi connectivity index (χ0v) is 8.12. The summed E-state index contributed by atoms with van der Waals surface area (Å²) in [6.45, 7) is 3.49. The molecule has 1 aliphatic rings. The first kappa shape index (κ1) is 10.3. The third-order valence-electron chi connectivity index (χ3n) is 2.55. The predicted molar refractivity (Wildman–Crippen MR) is 48.9 cm³/mol. The minimum Gasteiger partial charge on any atom is -0.453 e. The fourth-order valence-electron chi connectivity index (χ4n) is 1.69. The Morgan fingerprint density at radius 1 is 1.69 bits per heavy atom. The summed E-state index contributed by atoms with van der Waals surface area (Å²) in [5.41, 5.74) is 2.75. The number of hydrazine groups is 1. The van der Waals surface area contributed by atoms with E-state index in [0.717, 1.165) is 6.42 Å². The molecule has 0 spiro atoms. The van der Waals surface area contributed by atoms with Crippen LogP contribution in [-0.4, -0.2) is 37.2 Å². The van der Waals surface area contributed by atoms with Crippen molar-refractivity contribution >= 4 is 6.09 Å². The van der Waals surface area contributed by atoms with Gasteiger partial charge in [0.15, 0.2) is 0 Å². The Hall–Kier alpha value is -0.810. The molecule has 5 nitrogen and oxygen atoms in total. The Morgan fingerprint density at radius 2 is 2.38 bits per heavy atom. The van der Waals surface area contributed by atoms with E-state index < -0.39 is 0 Å². The van der Waals surface area contributed by atoms with E-state index in [2.05, 4.69) is 17.1 Å². The molecule has 1 heterocycles. The molecule has 5 heteroatoms. The van der Waals surface area contributed by atoms with Crippen molar-refractivity contribution in [2.24, 2.45) is 11.8 Å². The second kappa shape index (κ2) is 4.43. The third-order valence-corrected chi connectivity index (χ3v) is 2.55. The maximum Gasteiger partial charge on any atom is 0.409 e. The largest absolute Gasteiger partial charge is 0.453 e. The lowest BCUT2D eigenvalue weighted by Gasteiger charge is -2.35. The number of amides is 1. The highest BCUT2D eigenvalue weighted by Gasteiger charge is 2.28. The minimum atomic E-state index is -0.248. The van der Waals surface area contributed by atoms with Crippen molar-refractivity contribution in [1.82, 2.24) is 10.3 Å². The molecule has 0 aromatic rings. The van der Waals surface area contributed by atoms with Crippen LogP contribution in [0.4, 0.5) is 4.79 Å². The zero-order valence-electron chi connectivity index (χ0n) is 8.12. The van der Waals surface area contributed by atoms with Crippen molar-refractivity contribution < 1.29 is 9.53 Å². The average molecular weight is 187 g/mol. The number of hydrogen-bond acceptors (Lipinski definition) is 4. The number of rotatable bonds is 1. The van der Waals surface area contributed by atoms with Gasteiger partial charge in [0.2, 0.25) is 0 Å². The predicted octanol–water partition coefficient (Wildman–Crippen LogP) is -0.0735. The summed E-state index contributed by atoms with van der Waals surface area (Å²) in [5.74, 6) is 5.74. The highest BCUT2D eigenvalue weighted by atomic mass is 16.5. The van der Waals surface area contributed by atoms with Gasteiger partial charge in [-0.25, -0.2) is 4.79 Å². The average Bonchev–Trinajstić information content (AvgIpc) is 2.16. The van der Waals surface area contributed by atoms with Gasteiger partial charge in [0.05, 0.1) is 7.11 Å². The number of nitrogens with two attached hydrogens (primary N) is 1. The summed E-state index contributed by atoms with van der Waals surface area (Å²) in [6.07, 6.45) is 0.634. The number of hydrogen-bond donors (Lipinski definition) is 2. The fraction of sp³-hybridized carbons (Fsp3) is 0.875. The van der Waals surface area contributed by atoms with E-state index in [4.69, 9.17) is 5.84 Å². The summed E-state index contributed by atoms with van der Waals surface area (Å²) in [4.78, 5) is 12.9. The second-order valence-corrected chi connectivity index (χ2v) is 3.46. The summed E-state index contributed by atoms with van der Waals surface area (Å²) >= 11 is 0. The van der Waals surface area contributed by atoms with Crippen LogP contribution in [-0.2, 0) is 4.74 Å². The smallest absolute Gasteiger partial charge is 0.409 e. The standard InChI is InChI=1S/C8H17N3O2/c1-6-5-11(8(12)13-2)4-3-7(6)10-9/h6-7,10H,3-5,9H2,1-2H3/t6-,7+/m1/s1. The van der Waals surface area contributed by atoms with Gasteiger partial charge < -0.3 is 9.64 Å². The number of piperidine rings is 1. The van der Waals surface area contributed by atoms with E-state index in [1.54, 1.807) is 4.90 Å². The molecule has 0 bridgehead atoms. The number of nitrogens with zero attached hydrogens (tertiary/aromatic N) is 1. The molecule has 0 saturated carbocycles. The van der Waals surface area contributed by atoms with Gasteiger partial charge in [-0.05, 0) is 12.3 Å². The van der Waals surface area contributed by atoms with Crippen molar-refractivity contribution in [1.29, 1.82) is 0 Å². The molecule has 0 aliphatic carbocycles. The van der Waals surface area contributed by atoms with Crippen LogP contribution in [0.5, 0.6) is 0 Å². The Balaban J connectivity index is 2.45. The van der Waals surface area contributed by atoms with E-state index in [1.165, 1.54) is 7.11 Å². The maximum atomic E-state index is 11.2. The molecule has 1 aliphatic heterocycles. The summed E-state index contributed by atoms with van der Waals surface area (Å²) in [6, 6.07) is 0.306. The normalized spacial score (nSPS) is 28.7. The van der Waals surface area contributed by atoms with E-state index in [0.29, 0.717) is 25.0 Å². The number of likely N-dealkylation sites (tertiary alicyclic amines) is 1. The van der Waals surface area contributed by atoms with Crippen LogP contribution >= 0.6 is 0 Å².